The Morgan fingerprint density at radius 2 is 1.65 bits per heavy atom. The molecular weight excluding hydrogens is 448 g/mol. The lowest BCUT2D eigenvalue weighted by atomic mass is 10.2. The Kier molecular flexibility index (Phi) is 6.89. The molecule has 0 aliphatic carbocycles. The van der Waals surface area contributed by atoms with Gasteiger partial charge in [0.1, 0.15) is 5.82 Å². The molecule has 4 aromatic rings. The van der Waals surface area contributed by atoms with Crippen molar-refractivity contribution in [2.24, 2.45) is 0 Å². The second kappa shape index (κ2) is 10.2. The van der Waals surface area contributed by atoms with Crippen molar-refractivity contribution in [1.29, 1.82) is 0 Å². The number of H-pyrrole nitrogens is 1. The highest BCUT2D eigenvalue weighted by atomic mass is 32.1. The van der Waals surface area contributed by atoms with Crippen LogP contribution < -0.4 is 21.9 Å². The molecule has 0 aliphatic heterocycles. The number of aryl methyl sites for hydroxylation is 1. The van der Waals surface area contributed by atoms with Gasteiger partial charge in [0.25, 0.3) is 11.5 Å². The number of rotatable bonds is 7. The number of nitrogens with one attached hydrogen (secondary N) is 1. The molecule has 4 rings (SSSR count). The third-order valence-corrected chi connectivity index (χ3v) is 6.23. The van der Waals surface area contributed by atoms with Gasteiger partial charge in [-0.1, -0.05) is 60.7 Å². The molecule has 0 bridgehead atoms. The molecule has 172 valence electrons. The van der Waals surface area contributed by atoms with Crippen LogP contribution in [0.3, 0.4) is 0 Å². The fourth-order valence-electron chi connectivity index (χ4n) is 3.58. The molecule has 0 atom stereocenters. The van der Waals surface area contributed by atoms with Gasteiger partial charge < -0.3 is 5.73 Å². The number of thiophene rings is 1. The van der Waals surface area contributed by atoms with Crippen molar-refractivity contribution in [1.82, 2.24) is 9.55 Å². The number of amides is 1. The zero-order valence-corrected chi connectivity index (χ0v) is 19.4. The summed E-state index contributed by atoms with van der Waals surface area (Å²) >= 11 is 1.56. The summed E-state index contributed by atoms with van der Waals surface area (Å²) < 4.78 is 1.27. The molecule has 2 aromatic heterocycles. The van der Waals surface area contributed by atoms with Gasteiger partial charge in [-0.3, -0.25) is 24.0 Å². The van der Waals surface area contributed by atoms with Crippen molar-refractivity contribution in [3.63, 3.8) is 0 Å². The van der Waals surface area contributed by atoms with Gasteiger partial charge >= 0.3 is 5.69 Å². The Labute approximate surface area is 200 Å². The topological polar surface area (TPSA) is 101 Å². The van der Waals surface area contributed by atoms with Gasteiger partial charge in [0, 0.05) is 15.8 Å². The molecule has 2 aromatic carbocycles. The van der Waals surface area contributed by atoms with Crippen LogP contribution in [0.2, 0.25) is 0 Å². The Bertz CT molecular complexity index is 1440. The average Bonchev–Trinajstić information content (AvgIpc) is 3.26. The number of anilines is 2. The van der Waals surface area contributed by atoms with E-state index in [4.69, 9.17) is 5.73 Å². The molecule has 1 amide bonds. The predicted octanol–water partition coefficient (Wildman–Crippen LogP) is 3.78. The van der Waals surface area contributed by atoms with E-state index in [9.17, 15) is 14.4 Å². The summed E-state index contributed by atoms with van der Waals surface area (Å²) in [5.41, 5.74) is 6.61. The molecule has 3 N–H and O–H groups in total. The Morgan fingerprint density at radius 3 is 2.26 bits per heavy atom. The molecule has 0 spiro atoms. The number of hydrogen-bond acceptors (Lipinski definition) is 5. The van der Waals surface area contributed by atoms with Crippen LogP contribution in [0.5, 0.6) is 0 Å². The van der Waals surface area contributed by atoms with Crippen LogP contribution in [-0.2, 0) is 17.9 Å². The molecule has 0 unspecified atom stereocenters. The number of nitrogen functional groups attached to an aromatic ring is 1. The average molecular weight is 473 g/mol. The summed E-state index contributed by atoms with van der Waals surface area (Å²) in [5, 5.41) is 0. The molecule has 34 heavy (non-hydrogen) atoms. The Morgan fingerprint density at radius 1 is 1.00 bits per heavy atom. The van der Waals surface area contributed by atoms with Gasteiger partial charge in [-0.25, -0.2) is 4.79 Å². The van der Waals surface area contributed by atoms with Gasteiger partial charge in [-0.15, -0.1) is 11.3 Å². The van der Waals surface area contributed by atoms with E-state index in [0.29, 0.717) is 0 Å². The number of nitrogens with two attached hydrogens (primary N) is 1. The van der Waals surface area contributed by atoms with E-state index in [1.807, 2.05) is 79.7 Å². The Hall–Kier alpha value is -4.17. The Balaban J connectivity index is 1.77. The van der Waals surface area contributed by atoms with E-state index in [1.165, 1.54) is 15.5 Å². The number of hydrogen-bond donors (Lipinski definition) is 2. The quantitative estimate of drug-likeness (QED) is 0.400. The monoisotopic (exact) mass is 472 g/mol. The lowest BCUT2D eigenvalue weighted by molar-refractivity contribution is -0.114. The molecule has 0 saturated heterocycles. The molecule has 0 aliphatic rings. The number of carbonyl (C=O) groups is 1. The van der Waals surface area contributed by atoms with Crippen LogP contribution in [0, 0.1) is 6.92 Å². The molecule has 2 heterocycles. The fraction of sp³-hybridized carbons (Fsp3) is 0.115. The first-order chi connectivity index (χ1) is 16.4. The highest BCUT2D eigenvalue weighted by Gasteiger charge is 2.23. The predicted molar refractivity (Wildman–Crippen MR) is 137 cm³/mol. The number of benzene rings is 2. The molecule has 7 nitrogen and oxygen atoms in total. The zero-order chi connectivity index (χ0) is 24.1. The lowest BCUT2D eigenvalue weighted by Crippen LogP contribution is -2.40. The maximum atomic E-state index is 13.3. The van der Waals surface area contributed by atoms with Crippen molar-refractivity contribution in [3.8, 4) is 0 Å². The number of carbonyl (C=O) groups excluding carboxylic acids is 1. The van der Waals surface area contributed by atoms with Gasteiger partial charge in [-0.2, -0.15) is 0 Å². The van der Waals surface area contributed by atoms with Gasteiger partial charge in [0.2, 0.25) is 0 Å². The summed E-state index contributed by atoms with van der Waals surface area (Å²) in [4.78, 5) is 44.5. The lowest BCUT2D eigenvalue weighted by Gasteiger charge is -2.23. The van der Waals surface area contributed by atoms with Crippen LogP contribution >= 0.6 is 11.3 Å². The van der Waals surface area contributed by atoms with E-state index < -0.39 is 17.2 Å². The van der Waals surface area contributed by atoms with E-state index in [2.05, 4.69) is 4.98 Å². The maximum absolute atomic E-state index is 13.3. The van der Waals surface area contributed by atoms with Crippen LogP contribution in [0.4, 0.5) is 11.5 Å². The third-order valence-electron chi connectivity index (χ3n) is 5.27. The van der Waals surface area contributed by atoms with Gasteiger partial charge in [0.05, 0.1) is 13.1 Å². The molecule has 8 heteroatoms. The normalized spacial score (nSPS) is 11.1. The fourth-order valence-corrected chi connectivity index (χ4v) is 4.36. The highest BCUT2D eigenvalue weighted by molar-refractivity contribution is 7.12. The minimum Gasteiger partial charge on any atom is -0.383 e. The number of aromatic amines is 1. The second-order valence-corrected chi connectivity index (χ2v) is 9.08. The second-order valence-electron chi connectivity index (χ2n) is 7.76. The summed E-state index contributed by atoms with van der Waals surface area (Å²) in [7, 11) is 0. The highest BCUT2D eigenvalue weighted by Crippen LogP contribution is 2.22. The summed E-state index contributed by atoms with van der Waals surface area (Å²) in [6.45, 7) is 2.26. The summed E-state index contributed by atoms with van der Waals surface area (Å²) in [6, 6.07) is 22.5. The maximum Gasteiger partial charge on any atom is 0.330 e. The van der Waals surface area contributed by atoms with Gasteiger partial charge in [-0.05, 0) is 36.3 Å². The largest absolute Gasteiger partial charge is 0.383 e. The van der Waals surface area contributed by atoms with Crippen molar-refractivity contribution >= 4 is 34.8 Å². The van der Waals surface area contributed by atoms with E-state index in [1.54, 1.807) is 17.4 Å². The molecule has 0 fully saturated rings. The summed E-state index contributed by atoms with van der Waals surface area (Å²) in [5.74, 6) is -0.487. The van der Waals surface area contributed by atoms with E-state index in [0.717, 1.165) is 20.9 Å². The molecule has 0 radical (unpaired) electrons. The zero-order valence-electron chi connectivity index (χ0n) is 18.6. The number of nitrogens with zero attached hydrogens (tertiary/aromatic N) is 2. The summed E-state index contributed by atoms with van der Waals surface area (Å²) in [6.07, 6.45) is 3.13. The van der Waals surface area contributed by atoms with Crippen LogP contribution in [0.1, 0.15) is 20.9 Å². The molecular formula is C26H24N4O3S. The van der Waals surface area contributed by atoms with Crippen molar-refractivity contribution in [3.05, 3.63) is 121 Å². The first-order valence-corrected chi connectivity index (χ1v) is 11.5. The van der Waals surface area contributed by atoms with Crippen molar-refractivity contribution in [2.75, 3.05) is 10.6 Å². The minimum atomic E-state index is -0.712. The van der Waals surface area contributed by atoms with Crippen LogP contribution in [-0.4, -0.2) is 15.5 Å². The minimum absolute atomic E-state index is 0.0589. The third kappa shape index (κ3) is 5.24. The smallest absolute Gasteiger partial charge is 0.330 e. The van der Waals surface area contributed by atoms with Crippen molar-refractivity contribution in [2.45, 2.75) is 20.0 Å². The van der Waals surface area contributed by atoms with Gasteiger partial charge in [0.15, 0.2) is 5.69 Å². The van der Waals surface area contributed by atoms with Crippen LogP contribution in [0.15, 0.2) is 88.5 Å². The van der Waals surface area contributed by atoms with E-state index >= 15 is 0 Å². The first kappa shape index (κ1) is 23.0. The first-order valence-electron chi connectivity index (χ1n) is 10.7. The van der Waals surface area contributed by atoms with Crippen molar-refractivity contribution < 1.29 is 4.79 Å². The number of aromatic nitrogens is 2. The molecule has 0 saturated carbocycles. The van der Waals surface area contributed by atoms with E-state index in [-0.39, 0.29) is 24.6 Å². The van der Waals surface area contributed by atoms with Crippen LogP contribution in [0.25, 0.3) is 6.08 Å². The standard InChI is InChI=1S/C26H24N4O3S/c1-18-12-13-21(34-18)14-15-22(31)29(16-19-8-4-2-5-9-19)23-24(27)30(26(33)28-25(23)32)17-20-10-6-3-7-11-20/h2-15H,16-17,27H2,1H3,(H,28,32,33)/b15-14-. The SMILES string of the molecule is Cc1ccc(/C=C\C(=O)N(Cc2ccccc2)c2c(N)n(Cc3ccccc3)c(=O)[nH]c2=O)s1.